The summed E-state index contributed by atoms with van der Waals surface area (Å²) < 4.78 is 0. The average molecular weight is 298 g/mol. The van der Waals surface area contributed by atoms with Crippen molar-refractivity contribution in [2.45, 2.75) is 19.8 Å². The van der Waals surface area contributed by atoms with Crippen molar-refractivity contribution < 1.29 is 9.90 Å². The van der Waals surface area contributed by atoms with Gasteiger partial charge in [-0.05, 0) is 6.42 Å². The van der Waals surface area contributed by atoms with Crippen molar-refractivity contribution in [3.05, 3.63) is 11.1 Å². The molecule has 1 fully saturated rings. The van der Waals surface area contributed by atoms with Crippen LogP contribution >= 0.6 is 11.3 Å². The molecule has 1 aliphatic heterocycles. The average Bonchev–Trinajstić information content (AvgIpc) is 2.88. The Morgan fingerprint density at radius 1 is 1.45 bits per heavy atom. The van der Waals surface area contributed by atoms with Crippen LogP contribution in [-0.2, 0) is 6.42 Å². The monoisotopic (exact) mass is 298 g/mol. The molecular weight excluding hydrogens is 276 g/mol. The van der Waals surface area contributed by atoms with Gasteiger partial charge < -0.3 is 10.0 Å². The third-order valence-electron chi connectivity index (χ3n) is 3.34. The number of nitrogens with one attached hydrogen (secondary N) is 1. The lowest BCUT2D eigenvalue weighted by molar-refractivity contribution is 0.127. The second-order valence-electron chi connectivity index (χ2n) is 4.86. The van der Waals surface area contributed by atoms with E-state index in [9.17, 15) is 4.79 Å². The van der Waals surface area contributed by atoms with Gasteiger partial charge in [0, 0.05) is 43.8 Å². The summed E-state index contributed by atoms with van der Waals surface area (Å²) in [6, 6.07) is -0.0777. The normalized spacial score (nSPS) is 16.4. The Labute approximate surface area is 123 Å². The van der Waals surface area contributed by atoms with Crippen LogP contribution in [0.15, 0.2) is 6.20 Å². The summed E-state index contributed by atoms with van der Waals surface area (Å²) in [7, 11) is 0. The van der Waals surface area contributed by atoms with Crippen molar-refractivity contribution in [2.24, 2.45) is 0 Å². The number of hydrogen-bond acceptors (Lipinski definition) is 5. The number of amides is 2. The molecule has 1 aliphatic rings. The summed E-state index contributed by atoms with van der Waals surface area (Å²) in [5, 5.41) is 12.4. The first-order chi connectivity index (χ1) is 9.72. The largest absolute Gasteiger partial charge is 0.395 e. The van der Waals surface area contributed by atoms with Gasteiger partial charge in [-0.2, -0.15) is 0 Å². The molecule has 0 radical (unpaired) electrons. The molecular formula is C13H22N4O2S. The summed E-state index contributed by atoms with van der Waals surface area (Å²) in [5.41, 5.74) is 0. The van der Waals surface area contributed by atoms with Gasteiger partial charge >= 0.3 is 6.03 Å². The molecule has 0 bridgehead atoms. The Hall–Kier alpha value is -1.18. The fraction of sp³-hybridized carbons (Fsp3) is 0.692. The Kier molecular flexibility index (Phi) is 5.75. The van der Waals surface area contributed by atoms with Crippen LogP contribution < -0.4 is 5.32 Å². The molecule has 7 heteroatoms. The number of aryl methyl sites for hydroxylation is 1. The molecule has 2 heterocycles. The number of aliphatic hydroxyl groups is 1. The first-order valence-electron chi connectivity index (χ1n) is 7.06. The molecule has 1 saturated heterocycles. The molecule has 20 heavy (non-hydrogen) atoms. The smallest absolute Gasteiger partial charge is 0.323 e. The van der Waals surface area contributed by atoms with Gasteiger partial charge in [-0.15, -0.1) is 11.3 Å². The van der Waals surface area contributed by atoms with E-state index in [1.165, 1.54) is 4.88 Å². The van der Waals surface area contributed by atoms with Crippen LogP contribution in [0.3, 0.4) is 0 Å². The lowest BCUT2D eigenvalue weighted by Gasteiger charge is -2.34. The number of aliphatic hydroxyl groups excluding tert-OH is 1. The number of rotatable bonds is 5. The maximum atomic E-state index is 12.1. The number of nitrogens with zero attached hydrogens (tertiary/aromatic N) is 3. The summed E-state index contributed by atoms with van der Waals surface area (Å²) >= 11 is 1.55. The summed E-state index contributed by atoms with van der Waals surface area (Å²) in [4.78, 5) is 21.5. The van der Waals surface area contributed by atoms with Gasteiger partial charge in [0.2, 0.25) is 0 Å². The predicted molar refractivity (Wildman–Crippen MR) is 80.2 cm³/mol. The predicted octanol–water partition coefficient (Wildman–Crippen LogP) is 1.24. The standard InChI is InChI=1S/C13H22N4O2S/c1-2-3-11-10-14-12(20-11)15-13(19)17-6-4-16(5-7-17)8-9-18/h10,18H,2-9H2,1H3,(H,14,15,19). The van der Waals surface area contributed by atoms with Crippen molar-refractivity contribution in [1.29, 1.82) is 0 Å². The zero-order valence-electron chi connectivity index (χ0n) is 11.8. The van der Waals surface area contributed by atoms with Gasteiger partial charge in [-0.25, -0.2) is 9.78 Å². The molecule has 2 amide bonds. The molecule has 2 N–H and O–H groups in total. The van der Waals surface area contributed by atoms with E-state index < -0.39 is 0 Å². The number of β-amino-alcohol motifs (C(OH)–C–C–N with tert-alkyl or cyclic N) is 1. The van der Waals surface area contributed by atoms with E-state index in [2.05, 4.69) is 22.1 Å². The van der Waals surface area contributed by atoms with E-state index in [1.54, 1.807) is 16.2 Å². The number of hydrogen-bond donors (Lipinski definition) is 2. The van der Waals surface area contributed by atoms with E-state index >= 15 is 0 Å². The van der Waals surface area contributed by atoms with E-state index in [-0.39, 0.29) is 12.6 Å². The minimum absolute atomic E-state index is 0.0777. The van der Waals surface area contributed by atoms with E-state index in [1.807, 2.05) is 6.20 Å². The highest BCUT2D eigenvalue weighted by molar-refractivity contribution is 7.15. The molecule has 0 aromatic carbocycles. The second-order valence-corrected chi connectivity index (χ2v) is 5.98. The quantitative estimate of drug-likeness (QED) is 0.858. The molecule has 0 spiro atoms. The fourth-order valence-electron chi connectivity index (χ4n) is 2.21. The van der Waals surface area contributed by atoms with Gasteiger partial charge in [-0.3, -0.25) is 10.2 Å². The van der Waals surface area contributed by atoms with E-state index in [0.717, 1.165) is 25.9 Å². The molecule has 0 aliphatic carbocycles. The maximum Gasteiger partial charge on any atom is 0.323 e. The number of piperazine rings is 1. The third kappa shape index (κ3) is 4.16. The summed E-state index contributed by atoms with van der Waals surface area (Å²) in [5.74, 6) is 0. The van der Waals surface area contributed by atoms with Gasteiger partial charge in [0.05, 0.1) is 6.61 Å². The van der Waals surface area contributed by atoms with Crippen molar-refractivity contribution >= 4 is 22.5 Å². The summed E-state index contributed by atoms with van der Waals surface area (Å²) in [6.45, 7) is 6.00. The second kappa shape index (κ2) is 7.56. The Bertz CT molecular complexity index is 430. The molecule has 0 saturated carbocycles. The third-order valence-corrected chi connectivity index (χ3v) is 4.31. The number of carbonyl (C=O) groups excluding carboxylic acids is 1. The van der Waals surface area contributed by atoms with Crippen LogP contribution in [0.5, 0.6) is 0 Å². The molecule has 2 rings (SSSR count). The van der Waals surface area contributed by atoms with E-state index in [4.69, 9.17) is 5.11 Å². The number of aromatic nitrogens is 1. The highest BCUT2D eigenvalue weighted by Crippen LogP contribution is 2.19. The summed E-state index contributed by atoms with van der Waals surface area (Å²) in [6.07, 6.45) is 3.93. The van der Waals surface area contributed by atoms with Crippen LogP contribution in [0.4, 0.5) is 9.93 Å². The molecule has 0 atom stereocenters. The highest BCUT2D eigenvalue weighted by Gasteiger charge is 2.21. The van der Waals surface area contributed by atoms with Gasteiger partial charge in [0.1, 0.15) is 0 Å². The highest BCUT2D eigenvalue weighted by atomic mass is 32.1. The first-order valence-corrected chi connectivity index (χ1v) is 7.88. The minimum atomic E-state index is -0.0777. The minimum Gasteiger partial charge on any atom is -0.395 e. The van der Waals surface area contributed by atoms with Crippen LogP contribution in [0.1, 0.15) is 18.2 Å². The van der Waals surface area contributed by atoms with Crippen molar-refractivity contribution in [2.75, 3.05) is 44.6 Å². The van der Waals surface area contributed by atoms with Crippen molar-refractivity contribution in [3.63, 3.8) is 0 Å². The van der Waals surface area contributed by atoms with Crippen molar-refractivity contribution in [3.8, 4) is 0 Å². The van der Waals surface area contributed by atoms with Gasteiger partial charge in [0.15, 0.2) is 5.13 Å². The number of carbonyl (C=O) groups is 1. The fourth-order valence-corrected chi connectivity index (χ4v) is 3.12. The topological polar surface area (TPSA) is 68.7 Å². The Balaban J connectivity index is 1.80. The lowest BCUT2D eigenvalue weighted by atomic mass is 10.3. The van der Waals surface area contributed by atoms with Crippen LogP contribution in [-0.4, -0.2) is 65.3 Å². The number of urea groups is 1. The van der Waals surface area contributed by atoms with Crippen LogP contribution in [0.25, 0.3) is 0 Å². The van der Waals surface area contributed by atoms with E-state index in [0.29, 0.717) is 24.8 Å². The Morgan fingerprint density at radius 2 is 2.20 bits per heavy atom. The zero-order chi connectivity index (χ0) is 14.4. The SMILES string of the molecule is CCCc1cnc(NC(=O)N2CCN(CCO)CC2)s1. The zero-order valence-corrected chi connectivity index (χ0v) is 12.7. The van der Waals surface area contributed by atoms with Crippen molar-refractivity contribution in [1.82, 2.24) is 14.8 Å². The molecule has 1 aromatic heterocycles. The molecule has 112 valence electrons. The maximum absolute atomic E-state index is 12.1. The molecule has 1 aromatic rings. The van der Waals surface area contributed by atoms with Crippen LogP contribution in [0, 0.1) is 0 Å². The van der Waals surface area contributed by atoms with Crippen LogP contribution in [0.2, 0.25) is 0 Å². The molecule has 0 unspecified atom stereocenters. The van der Waals surface area contributed by atoms with Gasteiger partial charge in [0.25, 0.3) is 0 Å². The number of thiazole rings is 1. The molecule has 6 nitrogen and oxygen atoms in total. The first kappa shape index (κ1) is 15.2. The van der Waals surface area contributed by atoms with Gasteiger partial charge in [-0.1, -0.05) is 13.3 Å². The Morgan fingerprint density at radius 3 is 2.85 bits per heavy atom. The lowest BCUT2D eigenvalue weighted by Crippen LogP contribution is -2.50. The number of anilines is 1.